The minimum absolute atomic E-state index is 0.0663. The number of benzene rings is 1. The second-order valence-electron chi connectivity index (χ2n) is 4.32. The first kappa shape index (κ1) is 11.9. The van der Waals surface area contributed by atoms with Crippen molar-refractivity contribution in [1.82, 2.24) is 4.98 Å². The van der Waals surface area contributed by atoms with Gasteiger partial charge in [-0.15, -0.1) is 11.3 Å². The summed E-state index contributed by atoms with van der Waals surface area (Å²) in [5, 5.41) is 10.7. The Hall–Kier alpha value is -2.21. The van der Waals surface area contributed by atoms with Gasteiger partial charge in [-0.3, -0.25) is 4.79 Å². The molecule has 0 saturated heterocycles. The number of carboxylic acid groups (broad SMARTS) is 1. The van der Waals surface area contributed by atoms with Crippen LogP contribution in [0.3, 0.4) is 0 Å². The highest BCUT2D eigenvalue weighted by Gasteiger charge is 2.24. The SMILES string of the molecule is CN1C(=O)Cc2cc(-c3csc(C(=O)O)n3)ccc21. The fraction of sp³-hybridized carbons (Fsp3) is 0.154. The van der Waals surface area contributed by atoms with Crippen LogP contribution in [-0.2, 0) is 11.2 Å². The molecule has 1 aromatic heterocycles. The molecular weight excluding hydrogens is 264 g/mol. The number of fused-ring (bicyclic) bond motifs is 1. The van der Waals surface area contributed by atoms with E-state index in [0.717, 1.165) is 28.2 Å². The summed E-state index contributed by atoms with van der Waals surface area (Å²) < 4.78 is 0. The Morgan fingerprint density at radius 2 is 2.26 bits per heavy atom. The number of carboxylic acids is 1. The van der Waals surface area contributed by atoms with Gasteiger partial charge in [0.1, 0.15) is 0 Å². The molecule has 19 heavy (non-hydrogen) atoms. The summed E-state index contributed by atoms with van der Waals surface area (Å²) in [6.07, 6.45) is 0.385. The number of thiazole rings is 1. The predicted molar refractivity (Wildman–Crippen MR) is 71.6 cm³/mol. The maximum Gasteiger partial charge on any atom is 0.365 e. The minimum Gasteiger partial charge on any atom is -0.476 e. The molecule has 5 nitrogen and oxygen atoms in total. The number of nitrogens with zero attached hydrogens (tertiary/aromatic N) is 2. The number of likely N-dealkylation sites (N-methyl/N-ethyl adjacent to an activating group) is 1. The molecule has 0 spiro atoms. The van der Waals surface area contributed by atoms with E-state index in [1.54, 1.807) is 17.3 Å². The van der Waals surface area contributed by atoms with Crippen molar-refractivity contribution in [3.05, 3.63) is 34.2 Å². The Kier molecular flexibility index (Phi) is 2.60. The topological polar surface area (TPSA) is 70.5 Å². The van der Waals surface area contributed by atoms with Crippen molar-refractivity contribution >= 4 is 28.9 Å². The van der Waals surface area contributed by atoms with Crippen molar-refractivity contribution in [1.29, 1.82) is 0 Å². The predicted octanol–water partition coefficient (Wildman–Crippen LogP) is 2.03. The second-order valence-corrected chi connectivity index (χ2v) is 5.17. The summed E-state index contributed by atoms with van der Waals surface area (Å²) in [7, 11) is 1.75. The Morgan fingerprint density at radius 3 is 2.95 bits per heavy atom. The molecule has 0 atom stereocenters. The number of aromatic carboxylic acids is 1. The number of carbonyl (C=O) groups is 2. The average Bonchev–Trinajstić information content (AvgIpc) is 2.96. The first-order valence-electron chi connectivity index (χ1n) is 5.65. The van der Waals surface area contributed by atoms with E-state index in [1.165, 1.54) is 0 Å². The van der Waals surface area contributed by atoms with Gasteiger partial charge in [-0.1, -0.05) is 6.07 Å². The fourth-order valence-corrected chi connectivity index (χ4v) is 2.80. The monoisotopic (exact) mass is 274 g/mol. The second kappa shape index (κ2) is 4.17. The third kappa shape index (κ3) is 1.90. The Labute approximate surface area is 113 Å². The number of hydrogen-bond acceptors (Lipinski definition) is 4. The Bertz CT molecular complexity index is 693. The first-order valence-corrected chi connectivity index (χ1v) is 6.53. The van der Waals surface area contributed by atoms with E-state index >= 15 is 0 Å². The summed E-state index contributed by atoms with van der Waals surface area (Å²) >= 11 is 1.10. The third-order valence-corrected chi connectivity index (χ3v) is 3.97. The summed E-state index contributed by atoms with van der Waals surface area (Å²) in [6, 6.07) is 5.63. The van der Waals surface area contributed by atoms with Crippen LogP contribution in [0.4, 0.5) is 5.69 Å². The molecule has 1 aliphatic heterocycles. The van der Waals surface area contributed by atoms with Gasteiger partial charge in [-0.05, 0) is 17.7 Å². The molecule has 6 heteroatoms. The van der Waals surface area contributed by atoms with Crippen LogP contribution in [0.2, 0.25) is 0 Å². The van der Waals surface area contributed by atoms with Gasteiger partial charge in [0, 0.05) is 23.7 Å². The first-order chi connectivity index (χ1) is 9.06. The zero-order valence-corrected chi connectivity index (χ0v) is 10.9. The summed E-state index contributed by atoms with van der Waals surface area (Å²) in [6.45, 7) is 0. The van der Waals surface area contributed by atoms with Gasteiger partial charge in [0.15, 0.2) is 0 Å². The summed E-state index contributed by atoms with van der Waals surface area (Å²) in [5.41, 5.74) is 3.33. The molecule has 3 rings (SSSR count). The number of anilines is 1. The molecule has 1 aromatic carbocycles. The van der Waals surface area contributed by atoms with Gasteiger partial charge in [0.25, 0.3) is 0 Å². The zero-order chi connectivity index (χ0) is 13.6. The molecule has 2 heterocycles. The van der Waals surface area contributed by atoms with E-state index in [-0.39, 0.29) is 10.9 Å². The van der Waals surface area contributed by atoms with Crippen LogP contribution in [0.1, 0.15) is 15.4 Å². The lowest BCUT2D eigenvalue weighted by Crippen LogP contribution is -2.20. The Balaban J connectivity index is 2.01. The molecule has 0 bridgehead atoms. The summed E-state index contributed by atoms with van der Waals surface area (Å²) in [5.74, 6) is -0.955. The van der Waals surface area contributed by atoms with Gasteiger partial charge in [0.05, 0.1) is 12.1 Å². The van der Waals surface area contributed by atoms with Crippen molar-refractivity contribution in [2.45, 2.75) is 6.42 Å². The van der Waals surface area contributed by atoms with Crippen LogP contribution in [-0.4, -0.2) is 29.0 Å². The average molecular weight is 274 g/mol. The third-order valence-electron chi connectivity index (χ3n) is 3.14. The quantitative estimate of drug-likeness (QED) is 0.909. The number of hydrogen-bond donors (Lipinski definition) is 1. The standard InChI is InChI=1S/C13H10N2O3S/c1-15-10-3-2-7(4-8(10)5-11(15)16)9-6-19-12(14-9)13(17)18/h2-4,6H,5H2,1H3,(H,17,18). The molecule has 1 amide bonds. The van der Waals surface area contributed by atoms with Gasteiger partial charge in [-0.25, -0.2) is 9.78 Å². The van der Waals surface area contributed by atoms with Crippen molar-refractivity contribution in [2.24, 2.45) is 0 Å². The van der Waals surface area contributed by atoms with Crippen LogP contribution in [0, 0.1) is 0 Å². The van der Waals surface area contributed by atoms with Crippen LogP contribution >= 0.6 is 11.3 Å². The lowest BCUT2D eigenvalue weighted by Gasteiger charge is -2.09. The van der Waals surface area contributed by atoms with Gasteiger partial charge >= 0.3 is 5.97 Å². The number of rotatable bonds is 2. The van der Waals surface area contributed by atoms with E-state index in [2.05, 4.69) is 4.98 Å². The number of aromatic nitrogens is 1. The van der Waals surface area contributed by atoms with Crippen LogP contribution < -0.4 is 4.90 Å². The lowest BCUT2D eigenvalue weighted by atomic mass is 10.1. The van der Waals surface area contributed by atoms with Crippen molar-refractivity contribution in [2.75, 3.05) is 11.9 Å². The van der Waals surface area contributed by atoms with Crippen LogP contribution in [0.15, 0.2) is 23.6 Å². The van der Waals surface area contributed by atoms with Gasteiger partial charge < -0.3 is 10.0 Å². The van der Waals surface area contributed by atoms with Crippen LogP contribution in [0.5, 0.6) is 0 Å². The fourth-order valence-electron chi connectivity index (χ4n) is 2.13. The summed E-state index contributed by atoms with van der Waals surface area (Å²) in [4.78, 5) is 28.1. The normalized spacial score (nSPS) is 13.7. The van der Waals surface area contributed by atoms with Crippen molar-refractivity contribution in [3.63, 3.8) is 0 Å². The van der Waals surface area contributed by atoms with E-state index in [1.807, 2.05) is 18.2 Å². The smallest absolute Gasteiger partial charge is 0.365 e. The minimum atomic E-state index is -1.02. The highest BCUT2D eigenvalue weighted by Crippen LogP contribution is 2.32. The molecule has 0 fully saturated rings. The number of carbonyl (C=O) groups excluding carboxylic acids is 1. The molecule has 1 aliphatic rings. The largest absolute Gasteiger partial charge is 0.476 e. The van der Waals surface area contributed by atoms with Gasteiger partial charge in [-0.2, -0.15) is 0 Å². The molecule has 96 valence electrons. The molecule has 0 unspecified atom stereocenters. The Morgan fingerprint density at radius 1 is 1.47 bits per heavy atom. The molecular formula is C13H10N2O3S. The highest BCUT2D eigenvalue weighted by atomic mass is 32.1. The molecule has 0 saturated carbocycles. The van der Waals surface area contributed by atoms with E-state index < -0.39 is 5.97 Å². The van der Waals surface area contributed by atoms with Crippen molar-refractivity contribution in [3.8, 4) is 11.3 Å². The maximum atomic E-state index is 11.6. The highest BCUT2D eigenvalue weighted by molar-refractivity contribution is 7.11. The van der Waals surface area contributed by atoms with E-state index in [9.17, 15) is 9.59 Å². The van der Waals surface area contributed by atoms with E-state index in [0.29, 0.717) is 12.1 Å². The zero-order valence-electron chi connectivity index (χ0n) is 10.1. The lowest BCUT2D eigenvalue weighted by molar-refractivity contribution is -0.117. The van der Waals surface area contributed by atoms with Crippen LogP contribution in [0.25, 0.3) is 11.3 Å². The molecule has 2 aromatic rings. The molecule has 0 radical (unpaired) electrons. The van der Waals surface area contributed by atoms with E-state index in [4.69, 9.17) is 5.11 Å². The molecule has 0 aliphatic carbocycles. The number of amides is 1. The molecule has 1 N–H and O–H groups in total. The maximum absolute atomic E-state index is 11.6. The van der Waals surface area contributed by atoms with Gasteiger partial charge in [0.2, 0.25) is 10.9 Å². The van der Waals surface area contributed by atoms with Crippen molar-refractivity contribution < 1.29 is 14.7 Å².